The number of methoxy groups -OCH3 is 1. The number of anilines is 1. The van der Waals surface area contributed by atoms with Gasteiger partial charge in [0.1, 0.15) is 10.8 Å². The summed E-state index contributed by atoms with van der Waals surface area (Å²) in [7, 11) is 1.32. The van der Waals surface area contributed by atoms with Crippen molar-refractivity contribution in [3.8, 4) is 5.75 Å². The first-order valence-corrected chi connectivity index (χ1v) is 12.9. The highest BCUT2D eigenvalue weighted by atomic mass is 32.2. The molecule has 36 heavy (non-hydrogen) atoms. The number of rotatable bonds is 10. The number of fused-ring (bicyclic) bond motifs is 1. The maximum atomic E-state index is 14.0. The van der Waals surface area contributed by atoms with Crippen LogP contribution in [-0.2, 0) is 28.9 Å². The van der Waals surface area contributed by atoms with Gasteiger partial charge < -0.3 is 14.8 Å². The average molecular weight is 535 g/mol. The molecule has 1 aliphatic rings. The van der Waals surface area contributed by atoms with Crippen LogP contribution < -0.4 is 10.1 Å². The second kappa shape index (κ2) is 11.2. The van der Waals surface area contributed by atoms with E-state index in [0.29, 0.717) is 28.1 Å². The van der Waals surface area contributed by atoms with Gasteiger partial charge in [0.25, 0.3) is 0 Å². The van der Waals surface area contributed by atoms with E-state index < -0.39 is 23.7 Å². The summed E-state index contributed by atoms with van der Waals surface area (Å²) < 4.78 is 39.5. The van der Waals surface area contributed by atoms with E-state index in [2.05, 4.69) is 22.1 Å². The van der Waals surface area contributed by atoms with Gasteiger partial charge in [-0.05, 0) is 43.9 Å². The van der Waals surface area contributed by atoms with Crippen molar-refractivity contribution in [3.63, 3.8) is 0 Å². The van der Waals surface area contributed by atoms with Crippen molar-refractivity contribution in [2.75, 3.05) is 18.2 Å². The first-order chi connectivity index (χ1) is 17.3. The monoisotopic (exact) mass is 534 g/mol. The van der Waals surface area contributed by atoms with Crippen molar-refractivity contribution in [2.24, 2.45) is 0 Å². The average Bonchev–Trinajstić information content (AvgIpc) is 3.54. The Labute approximate surface area is 214 Å². The Morgan fingerprint density at radius 3 is 2.86 bits per heavy atom. The lowest BCUT2D eigenvalue weighted by molar-refractivity contribution is -0.113. The van der Waals surface area contributed by atoms with Crippen LogP contribution in [0.15, 0.2) is 36.0 Å². The molecule has 1 aliphatic carbocycles. The molecule has 3 aromatic rings. The van der Waals surface area contributed by atoms with Crippen molar-refractivity contribution >= 4 is 40.0 Å². The molecule has 0 saturated heterocycles. The number of amides is 1. The molecule has 0 aliphatic heterocycles. The van der Waals surface area contributed by atoms with Gasteiger partial charge in [0.05, 0.1) is 18.4 Å². The molecular weight excluding hydrogens is 510 g/mol. The molecule has 0 spiro atoms. The highest BCUT2D eigenvalue weighted by Crippen LogP contribution is 2.39. The van der Waals surface area contributed by atoms with Crippen LogP contribution in [0.5, 0.6) is 5.75 Å². The molecule has 4 rings (SSSR count). The molecule has 1 aromatic carbocycles. The number of thioether (sulfide) groups is 1. The maximum Gasteiger partial charge on any atom is 0.341 e. The smallest absolute Gasteiger partial charge is 0.341 e. The Hall–Kier alpha value is -3.25. The normalized spacial score (nSPS) is 13.2. The fourth-order valence-electron chi connectivity index (χ4n) is 3.93. The molecular formula is C24H24F2N4O4S2. The quantitative estimate of drug-likeness (QED) is 0.223. The molecule has 1 N–H and O–H groups in total. The van der Waals surface area contributed by atoms with Gasteiger partial charge in [0, 0.05) is 17.5 Å². The molecule has 0 radical (unpaired) electrons. The van der Waals surface area contributed by atoms with Crippen LogP contribution >= 0.6 is 23.1 Å². The van der Waals surface area contributed by atoms with Crippen molar-refractivity contribution in [2.45, 2.75) is 44.0 Å². The molecule has 8 nitrogen and oxygen atoms in total. The number of aryl methyl sites for hydroxylation is 1. The Balaban J connectivity index is 1.45. The fraction of sp³-hybridized carbons (Fsp3) is 0.333. The molecule has 1 unspecified atom stereocenters. The number of aromatic nitrogens is 3. The molecule has 1 amide bonds. The first-order valence-electron chi connectivity index (χ1n) is 11.1. The highest BCUT2D eigenvalue weighted by molar-refractivity contribution is 7.99. The van der Waals surface area contributed by atoms with E-state index in [1.807, 2.05) is 0 Å². The van der Waals surface area contributed by atoms with Crippen LogP contribution in [0, 0.1) is 11.6 Å². The van der Waals surface area contributed by atoms with Crippen molar-refractivity contribution in [1.29, 1.82) is 0 Å². The molecule has 2 aromatic heterocycles. The standard InChI is InChI=1S/C24H24F2N4O4S2/c1-4-10-30-21(13(2)34-17-9-8-14(25)11-16(17)26)28-29-24(30)35-12-19(31)27-22-20(23(32)33-3)15-6-5-7-18(15)36-22/h4,8-9,11,13H,1,5-7,10,12H2,2-3H3,(H,27,31). The summed E-state index contributed by atoms with van der Waals surface area (Å²) in [5.74, 6) is -2.00. The number of thiophene rings is 1. The molecule has 1 atom stereocenters. The van der Waals surface area contributed by atoms with Crippen LogP contribution in [0.3, 0.4) is 0 Å². The van der Waals surface area contributed by atoms with E-state index in [0.717, 1.165) is 53.6 Å². The van der Waals surface area contributed by atoms with Crippen molar-refractivity contribution in [1.82, 2.24) is 14.8 Å². The maximum absolute atomic E-state index is 14.0. The largest absolute Gasteiger partial charge is 0.480 e. The molecule has 190 valence electrons. The summed E-state index contributed by atoms with van der Waals surface area (Å²) in [6, 6.07) is 3.05. The van der Waals surface area contributed by atoms with Crippen molar-refractivity contribution in [3.05, 3.63) is 64.3 Å². The lowest BCUT2D eigenvalue weighted by Crippen LogP contribution is -2.17. The van der Waals surface area contributed by atoms with Gasteiger partial charge in [-0.15, -0.1) is 28.1 Å². The summed E-state index contributed by atoms with van der Waals surface area (Å²) in [5.41, 5.74) is 1.39. The highest BCUT2D eigenvalue weighted by Gasteiger charge is 2.28. The Morgan fingerprint density at radius 2 is 2.14 bits per heavy atom. The van der Waals surface area contributed by atoms with Crippen LogP contribution in [-0.4, -0.2) is 39.5 Å². The van der Waals surface area contributed by atoms with E-state index >= 15 is 0 Å². The van der Waals surface area contributed by atoms with E-state index in [4.69, 9.17) is 9.47 Å². The predicted molar refractivity (Wildman–Crippen MR) is 133 cm³/mol. The number of hydrogen-bond donors (Lipinski definition) is 1. The molecule has 0 saturated carbocycles. The van der Waals surface area contributed by atoms with Gasteiger partial charge in [-0.2, -0.15) is 0 Å². The van der Waals surface area contributed by atoms with E-state index in [-0.39, 0.29) is 17.4 Å². The second-order valence-electron chi connectivity index (χ2n) is 7.96. The lowest BCUT2D eigenvalue weighted by Gasteiger charge is -2.16. The number of nitrogens with one attached hydrogen (secondary N) is 1. The third-order valence-electron chi connectivity index (χ3n) is 5.51. The number of hydrogen-bond acceptors (Lipinski definition) is 8. The van der Waals surface area contributed by atoms with Crippen molar-refractivity contribution < 1.29 is 27.8 Å². The number of ether oxygens (including phenoxy) is 2. The SMILES string of the molecule is C=CCn1c(SCC(=O)Nc2sc3c(c2C(=O)OC)CCC3)nnc1C(C)Oc1ccc(F)cc1F. The topological polar surface area (TPSA) is 95.3 Å². The van der Waals surface area contributed by atoms with E-state index in [1.165, 1.54) is 24.5 Å². The first kappa shape index (κ1) is 25.8. The van der Waals surface area contributed by atoms with Crippen LogP contribution in [0.4, 0.5) is 13.8 Å². The van der Waals surface area contributed by atoms with Gasteiger partial charge >= 0.3 is 5.97 Å². The zero-order valence-corrected chi connectivity index (χ0v) is 21.3. The van der Waals surface area contributed by atoms with Crippen LogP contribution in [0.25, 0.3) is 0 Å². The lowest BCUT2D eigenvalue weighted by atomic mass is 10.1. The molecule has 0 fully saturated rings. The number of allylic oxidation sites excluding steroid dienone is 1. The van der Waals surface area contributed by atoms with E-state index in [9.17, 15) is 18.4 Å². The predicted octanol–water partition coefficient (Wildman–Crippen LogP) is 4.95. The summed E-state index contributed by atoms with van der Waals surface area (Å²) in [6.45, 7) is 5.74. The van der Waals surface area contributed by atoms with Gasteiger partial charge in [-0.3, -0.25) is 9.36 Å². The number of esters is 1. The Morgan fingerprint density at radius 1 is 1.33 bits per heavy atom. The minimum absolute atomic E-state index is 0.0142. The van der Waals surface area contributed by atoms with Gasteiger partial charge in [-0.1, -0.05) is 17.8 Å². The van der Waals surface area contributed by atoms with Crippen LogP contribution in [0.1, 0.15) is 46.1 Å². The summed E-state index contributed by atoms with van der Waals surface area (Å²) in [6.07, 6.45) is 3.57. The number of carbonyl (C=O) groups is 2. The molecule has 12 heteroatoms. The summed E-state index contributed by atoms with van der Waals surface area (Å²) in [5, 5.41) is 12.1. The van der Waals surface area contributed by atoms with E-state index in [1.54, 1.807) is 17.6 Å². The third-order valence-corrected chi connectivity index (χ3v) is 7.69. The third kappa shape index (κ3) is 5.44. The Kier molecular flexibility index (Phi) is 8.04. The molecule has 2 heterocycles. The molecule has 0 bridgehead atoms. The number of halogens is 2. The summed E-state index contributed by atoms with van der Waals surface area (Å²) in [4.78, 5) is 26.1. The van der Waals surface area contributed by atoms with Gasteiger partial charge in [0.2, 0.25) is 5.91 Å². The van der Waals surface area contributed by atoms with Gasteiger partial charge in [0.15, 0.2) is 28.7 Å². The minimum Gasteiger partial charge on any atom is -0.480 e. The number of benzene rings is 1. The zero-order chi connectivity index (χ0) is 25.8. The zero-order valence-electron chi connectivity index (χ0n) is 19.7. The number of carbonyl (C=O) groups excluding carboxylic acids is 2. The second-order valence-corrected chi connectivity index (χ2v) is 10.0. The van der Waals surface area contributed by atoms with Crippen LogP contribution in [0.2, 0.25) is 0 Å². The Bertz CT molecular complexity index is 1310. The van der Waals surface area contributed by atoms with Gasteiger partial charge in [-0.25, -0.2) is 13.6 Å². The number of nitrogens with zero attached hydrogens (tertiary/aromatic N) is 3. The summed E-state index contributed by atoms with van der Waals surface area (Å²) >= 11 is 2.56. The minimum atomic E-state index is -0.825. The fourth-order valence-corrected chi connectivity index (χ4v) is 5.97.